The van der Waals surface area contributed by atoms with Gasteiger partial charge in [-0.05, 0) is 48.4 Å². The molecule has 0 aliphatic heterocycles. The fourth-order valence-corrected chi connectivity index (χ4v) is 3.33. The smallest absolute Gasteiger partial charge is 0.261 e. The molecule has 5 nitrogen and oxygen atoms in total. The Labute approximate surface area is 143 Å². The normalized spacial score (nSPS) is 11.1. The molecule has 24 heavy (non-hydrogen) atoms. The van der Waals surface area contributed by atoms with Gasteiger partial charge in [-0.15, -0.1) is 0 Å². The van der Waals surface area contributed by atoms with Crippen molar-refractivity contribution in [3.8, 4) is 0 Å². The highest BCUT2D eigenvalue weighted by molar-refractivity contribution is 7.92. The molecule has 0 radical (unpaired) electrons. The van der Waals surface area contributed by atoms with E-state index < -0.39 is 10.0 Å². The SMILES string of the molecule is CCCc1ccc(S(=O)(=O)Nc2ccc(N(C)C(C)=O)cc2)cc1. The first kappa shape index (κ1) is 18.0. The second-order valence-corrected chi connectivity index (χ2v) is 7.31. The van der Waals surface area contributed by atoms with Crippen LogP contribution in [0.4, 0.5) is 11.4 Å². The Bertz CT molecular complexity index is 797. The molecule has 0 bridgehead atoms. The zero-order chi connectivity index (χ0) is 17.7. The van der Waals surface area contributed by atoms with Crippen molar-refractivity contribution in [1.29, 1.82) is 0 Å². The lowest BCUT2D eigenvalue weighted by molar-refractivity contribution is -0.116. The van der Waals surface area contributed by atoms with E-state index in [0.29, 0.717) is 11.4 Å². The molecule has 0 unspecified atom stereocenters. The van der Waals surface area contributed by atoms with Gasteiger partial charge in [-0.25, -0.2) is 8.42 Å². The molecule has 0 heterocycles. The van der Waals surface area contributed by atoms with Gasteiger partial charge in [0.05, 0.1) is 4.90 Å². The Morgan fingerprint density at radius 2 is 1.62 bits per heavy atom. The highest BCUT2D eigenvalue weighted by atomic mass is 32.2. The maximum absolute atomic E-state index is 12.4. The van der Waals surface area contributed by atoms with Gasteiger partial charge in [0, 0.05) is 25.3 Å². The summed E-state index contributed by atoms with van der Waals surface area (Å²) in [5.41, 5.74) is 2.27. The molecule has 0 aliphatic rings. The Morgan fingerprint density at radius 3 is 2.12 bits per heavy atom. The summed E-state index contributed by atoms with van der Waals surface area (Å²) >= 11 is 0. The third kappa shape index (κ3) is 4.35. The van der Waals surface area contributed by atoms with Gasteiger partial charge < -0.3 is 4.90 Å². The quantitative estimate of drug-likeness (QED) is 0.871. The van der Waals surface area contributed by atoms with Crippen molar-refractivity contribution in [2.75, 3.05) is 16.7 Å². The molecule has 0 aromatic heterocycles. The van der Waals surface area contributed by atoms with Crippen LogP contribution >= 0.6 is 0 Å². The third-order valence-corrected chi connectivity index (χ3v) is 5.15. The molecule has 1 amide bonds. The monoisotopic (exact) mass is 346 g/mol. The summed E-state index contributed by atoms with van der Waals surface area (Å²) < 4.78 is 27.4. The van der Waals surface area contributed by atoms with E-state index in [0.717, 1.165) is 18.4 Å². The first-order chi connectivity index (χ1) is 11.3. The highest BCUT2D eigenvalue weighted by Crippen LogP contribution is 2.20. The summed E-state index contributed by atoms with van der Waals surface area (Å²) in [6.45, 7) is 3.55. The summed E-state index contributed by atoms with van der Waals surface area (Å²) in [6.07, 6.45) is 1.95. The van der Waals surface area contributed by atoms with E-state index in [1.165, 1.54) is 11.8 Å². The molecule has 6 heteroatoms. The van der Waals surface area contributed by atoms with E-state index in [1.807, 2.05) is 12.1 Å². The van der Waals surface area contributed by atoms with E-state index in [-0.39, 0.29) is 10.8 Å². The number of amides is 1. The van der Waals surface area contributed by atoms with Gasteiger partial charge in [0.25, 0.3) is 10.0 Å². The van der Waals surface area contributed by atoms with Crippen molar-refractivity contribution < 1.29 is 13.2 Å². The molecule has 0 saturated heterocycles. The molecule has 0 fully saturated rings. The highest BCUT2D eigenvalue weighted by Gasteiger charge is 2.14. The van der Waals surface area contributed by atoms with Crippen LogP contribution in [-0.4, -0.2) is 21.4 Å². The first-order valence-electron chi connectivity index (χ1n) is 7.79. The van der Waals surface area contributed by atoms with Gasteiger partial charge in [-0.1, -0.05) is 25.5 Å². The first-order valence-corrected chi connectivity index (χ1v) is 9.28. The Kier molecular flexibility index (Phi) is 5.62. The third-order valence-electron chi connectivity index (χ3n) is 3.75. The van der Waals surface area contributed by atoms with Crippen LogP contribution in [0.3, 0.4) is 0 Å². The minimum absolute atomic E-state index is 0.0875. The van der Waals surface area contributed by atoms with Gasteiger partial charge in [0.1, 0.15) is 0 Å². The summed E-state index contributed by atoms with van der Waals surface area (Å²) in [4.78, 5) is 13.1. The Hall–Kier alpha value is -2.34. The maximum Gasteiger partial charge on any atom is 0.261 e. The van der Waals surface area contributed by atoms with E-state index in [2.05, 4.69) is 11.6 Å². The number of carbonyl (C=O) groups is 1. The molecule has 2 rings (SSSR count). The standard InChI is InChI=1S/C18H22N2O3S/c1-4-5-15-6-12-18(13-7-15)24(22,23)19-16-8-10-17(11-9-16)20(3)14(2)21/h6-13,19H,4-5H2,1-3H3. The summed E-state index contributed by atoms with van der Waals surface area (Å²) in [5, 5.41) is 0. The van der Waals surface area contributed by atoms with Crippen LogP contribution in [0.15, 0.2) is 53.4 Å². The number of anilines is 2. The fraction of sp³-hybridized carbons (Fsp3) is 0.278. The van der Waals surface area contributed by atoms with Gasteiger partial charge in [0.15, 0.2) is 0 Å². The molecule has 0 aliphatic carbocycles. The van der Waals surface area contributed by atoms with Crippen molar-refractivity contribution in [3.05, 3.63) is 54.1 Å². The molecule has 128 valence electrons. The van der Waals surface area contributed by atoms with Crippen molar-refractivity contribution >= 4 is 27.3 Å². The second kappa shape index (κ2) is 7.49. The van der Waals surface area contributed by atoms with Crippen LogP contribution in [0, 0.1) is 0 Å². The van der Waals surface area contributed by atoms with Crippen LogP contribution in [0.1, 0.15) is 25.8 Å². The number of nitrogens with one attached hydrogen (secondary N) is 1. The van der Waals surface area contributed by atoms with Crippen LogP contribution in [0.25, 0.3) is 0 Å². The summed E-state index contributed by atoms with van der Waals surface area (Å²) in [5.74, 6) is -0.0875. The van der Waals surface area contributed by atoms with E-state index >= 15 is 0 Å². The van der Waals surface area contributed by atoms with Crippen LogP contribution in [0.2, 0.25) is 0 Å². The van der Waals surface area contributed by atoms with Crippen molar-refractivity contribution in [1.82, 2.24) is 0 Å². The van der Waals surface area contributed by atoms with Gasteiger partial charge in [0.2, 0.25) is 5.91 Å². The number of aryl methyl sites for hydroxylation is 1. The predicted molar refractivity (Wildman–Crippen MR) is 96.8 cm³/mol. The minimum atomic E-state index is -3.63. The zero-order valence-corrected chi connectivity index (χ0v) is 14.9. The second-order valence-electron chi connectivity index (χ2n) is 5.62. The van der Waals surface area contributed by atoms with E-state index in [1.54, 1.807) is 43.4 Å². The zero-order valence-electron chi connectivity index (χ0n) is 14.1. The van der Waals surface area contributed by atoms with Gasteiger partial charge in [-0.2, -0.15) is 0 Å². The summed E-state index contributed by atoms with van der Waals surface area (Å²) in [6, 6.07) is 13.6. The molecule has 2 aromatic rings. The number of sulfonamides is 1. The Morgan fingerprint density at radius 1 is 1.04 bits per heavy atom. The average molecular weight is 346 g/mol. The number of hydrogen-bond acceptors (Lipinski definition) is 3. The molecule has 0 saturated carbocycles. The predicted octanol–water partition coefficient (Wildman–Crippen LogP) is 3.42. The molecule has 1 N–H and O–H groups in total. The molecule has 0 atom stereocenters. The van der Waals surface area contributed by atoms with Crippen LogP contribution in [0.5, 0.6) is 0 Å². The summed E-state index contributed by atoms with van der Waals surface area (Å²) in [7, 11) is -1.96. The number of hydrogen-bond donors (Lipinski definition) is 1. The fourth-order valence-electron chi connectivity index (χ4n) is 2.27. The molecular weight excluding hydrogens is 324 g/mol. The molecule has 2 aromatic carbocycles. The number of nitrogens with zero attached hydrogens (tertiary/aromatic N) is 1. The molecule has 0 spiro atoms. The largest absolute Gasteiger partial charge is 0.316 e. The number of benzene rings is 2. The lowest BCUT2D eigenvalue weighted by Crippen LogP contribution is -2.22. The van der Waals surface area contributed by atoms with Crippen LogP contribution in [-0.2, 0) is 21.2 Å². The van der Waals surface area contributed by atoms with Crippen LogP contribution < -0.4 is 9.62 Å². The van der Waals surface area contributed by atoms with Crippen molar-refractivity contribution in [2.45, 2.75) is 31.6 Å². The Balaban J connectivity index is 2.15. The topological polar surface area (TPSA) is 66.5 Å². The van der Waals surface area contributed by atoms with E-state index in [4.69, 9.17) is 0 Å². The van der Waals surface area contributed by atoms with Crippen molar-refractivity contribution in [2.24, 2.45) is 0 Å². The maximum atomic E-state index is 12.4. The van der Waals surface area contributed by atoms with E-state index in [9.17, 15) is 13.2 Å². The lowest BCUT2D eigenvalue weighted by atomic mass is 10.1. The van der Waals surface area contributed by atoms with Gasteiger partial charge >= 0.3 is 0 Å². The minimum Gasteiger partial charge on any atom is -0.316 e. The lowest BCUT2D eigenvalue weighted by Gasteiger charge is -2.15. The number of rotatable bonds is 6. The van der Waals surface area contributed by atoms with Crippen molar-refractivity contribution in [3.63, 3.8) is 0 Å². The average Bonchev–Trinajstić information content (AvgIpc) is 2.55. The number of carbonyl (C=O) groups excluding carboxylic acids is 1. The van der Waals surface area contributed by atoms with Gasteiger partial charge in [-0.3, -0.25) is 9.52 Å². The molecular formula is C18H22N2O3S.